The third-order valence-corrected chi connectivity index (χ3v) is 5.05. The molecular weight excluding hydrogens is 312 g/mol. The molecule has 1 unspecified atom stereocenters. The molecule has 0 aliphatic carbocycles. The van der Waals surface area contributed by atoms with Crippen LogP contribution in [0.1, 0.15) is 45.2 Å². The van der Waals surface area contributed by atoms with E-state index in [1.54, 1.807) is 36.2 Å². The molecule has 0 aliphatic rings. The zero-order valence-corrected chi connectivity index (χ0v) is 15.5. The van der Waals surface area contributed by atoms with Crippen molar-refractivity contribution in [1.29, 1.82) is 0 Å². The first kappa shape index (κ1) is 19.5. The quantitative estimate of drug-likeness (QED) is 0.775. The lowest BCUT2D eigenvalue weighted by molar-refractivity contribution is 0.194. The van der Waals surface area contributed by atoms with Crippen molar-refractivity contribution in [2.45, 2.75) is 44.6 Å². The molecule has 1 N–H and O–H groups in total. The third-order valence-electron chi connectivity index (χ3n) is 3.93. The summed E-state index contributed by atoms with van der Waals surface area (Å²) in [5.74, 6) is 0.636. The molecule has 1 aromatic rings. The fraction of sp³-hybridized carbons (Fsp3) is 0.588. The minimum Gasteiger partial charge on any atom is -0.338 e. The second-order valence-electron chi connectivity index (χ2n) is 6.40. The number of urea groups is 1. The molecule has 1 atom stereocenters. The molecule has 130 valence electrons. The Balaban J connectivity index is 2.61. The molecule has 1 rings (SSSR count). The Labute approximate surface area is 140 Å². The number of nitrogens with one attached hydrogen (secondary N) is 1. The summed E-state index contributed by atoms with van der Waals surface area (Å²) < 4.78 is 23.0. The second-order valence-corrected chi connectivity index (χ2v) is 8.41. The Kier molecular flexibility index (Phi) is 7.06. The molecule has 0 fully saturated rings. The van der Waals surface area contributed by atoms with Crippen LogP contribution in [-0.4, -0.2) is 39.2 Å². The van der Waals surface area contributed by atoms with Crippen molar-refractivity contribution in [3.05, 3.63) is 29.8 Å². The molecule has 0 spiro atoms. The van der Waals surface area contributed by atoms with E-state index in [4.69, 9.17) is 0 Å². The highest BCUT2D eigenvalue weighted by molar-refractivity contribution is 7.90. The fourth-order valence-electron chi connectivity index (χ4n) is 2.22. The highest BCUT2D eigenvalue weighted by Crippen LogP contribution is 2.20. The molecule has 0 aromatic heterocycles. The van der Waals surface area contributed by atoms with Gasteiger partial charge in [0.25, 0.3) is 0 Å². The number of nitrogens with zero attached hydrogens (tertiary/aromatic N) is 1. The van der Waals surface area contributed by atoms with Gasteiger partial charge in [0.15, 0.2) is 9.84 Å². The molecule has 23 heavy (non-hydrogen) atoms. The topological polar surface area (TPSA) is 66.5 Å². The highest BCUT2D eigenvalue weighted by atomic mass is 32.2. The van der Waals surface area contributed by atoms with E-state index in [1.807, 2.05) is 6.92 Å². The van der Waals surface area contributed by atoms with Gasteiger partial charge in [0.05, 0.1) is 10.9 Å². The minimum atomic E-state index is -3.20. The minimum absolute atomic E-state index is 0.117. The molecule has 2 amide bonds. The van der Waals surface area contributed by atoms with Gasteiger partial charge in [-0.05, 0) is 43.4 Å². The summed E-state index contributed by atoms with van der Waals surface area (Å²) >= 11 is 0. The second kappa shape index (κ2) is 8.34. The summed E-state index contributed by atoms with van der Waals surface area (Å²) in [4.78, 5) is 14.1. The van der Waals surface area contributed by atoms with Gasteiger partial charge in [0, 0.05) is 19.8 Å². The summed E-state index contributed by atoms with van der Waals surface area (Å²) in [6.45, 7) is 6.91. The monoisotopic (exact) mass is 340 g/mol. The van der Waals surface area contributed by atoms with Crippen LogP contribution in [-0.2, 0) is 9.84 Å². The van der Waals surface area contributed by atoms with Gasteiger partial charge in [-0.25, -0.2) is 13.2 Å². The molecule has 0 radical (unpaired) electrons. The third kappa shape index (κ3) is 6.22. The smallest absolute Gasteiger partial charge is 0.317 e. The predicted octanol–water partition coefficient (Wildman–Crippen LogP) is 3.23. The van der Waals surface area contributed by atoms with Crippen molar-refractivity contribution < 1.29 is 13.2 Å². The summed E-state index contributed by atoms with van der Waals surface area (Å²) in [6.07, 6.45) is 3.24. The van der Waals surface area contributed by atoms with Crippen LogP contribution in [0, 0.1) is 5.92 Å². The van der Waals surface area contributed by atoms with Crippen molar-refractivity contribution in [2.24, 2.45) is 5.92 Å². The number of amides is 2. The number of sulfone groups is 1. The van der Waals surface area contributed by atoms with Gasteiger partial charge in [-0.1, -0.05) is 26.0 Å². The van der Waals surface area contributed by atoms with Crippen LogP contribution in [0.3, 0.4) is 0 Å². The SMILES string of the molecule is CC(C)CCCNC(=O)N(C)C(C)c1ccc(S(C)(=O)=O)cc1. The van der Waals surface area contributed by atoms with E-state index < -0.39 is 9.84 Å². The van der Waals surface area contributed by atoms with Gasteiger partial charge >= 0.3 is 6.03 Å². The van der Waals surface area contributed by atoms with E-state index in [0.29, 0.717) is 12.5 Å². The number of benzene rings is 1. The molecule has 6 heteroatoms. The Morgan fingerprint density at radius 1 is 1.17 bits per heavy atom. The predicted molar refractivity (Wildman–Crippen MR) is 93.2 cm³/mol. The van der Waals surface area contributed by atoms with E-state index in [-0.39, 0.29) is 17.0 Å². The van der Waals surface area contributed by atoms with Crippen molar-refractivity contribution in [3.63, 3.8) is 0 Å². The first-order valence-corrected chi connectivity index (χ1v) is 9.82. The van der Waals surface area contributed by atoms with Crippen LogP contribution < -0.4 is 5.32 Å². The van der Waals surface area contributed by atoms with Crippen molar-refractivity contribution in [2.75, 3.05) is 19.8 Å². The first-order valence-electron chi connectivity index (χ1n) is 7.93. The van der Waals surface area contributed by atoms with Crippen LogP contribution in [0.5, 0.6) is 0 Å². The maximum absolute atomic E-state index is 12.1. The summed E-state index contributed by atoms with van der Waals surface area (Å²) in [5.41, 5.74) is 0.900. The Morgan fingerprint density at radius 3 is 2.22 bits per heavy atom. The molecular formula is C17H28N2O3S. The van der Waals surface area contributed by atoms with Gasteiger partial charge < -0.3 is 10.2 Å². The largest absolute Gasteiger partial charge is 0.338 e. The van der Waals surface area contributed by atoms with Crippen molar-refractivity contribution >= 4 is 15.9 Å². The van der Waals surface area contributed by atoms with E-state index >= 15 is 0 Å². The lowest BCUT2D eigenvalue weighted by Gasteiger charge is -2.25. The van der Waals surface area contributed by atoms with Crippen LogP contribution in [0.15, 0.2) is 29.2 Å². The normalized spacial score (nSPS) is 13.0. The number of carbonyl (C=O) groups is 1. The van der Waals surface area contributed by atoms with Gasteiger partial charge in [0.2, 0.25) is 0 Å². The number of hydrogen-bond donors (Lipinski definition) is 1. The highest BCUT2D eigenvalue weighted by Gasteiger charge is 2.17. The van der Waals surface area contributed by atoms with Crippen LogP contribution in [0.2, 0.25) is 0 Å². The Morgan fingerprint density at radius 2 is 1.74 bits per heavy atom. The average Bonchev–Trinajstić information content (AvgIpc) is 2.49. The maximum atomic E-state index is 12.1. The van der Waals surface area contributed by atoms with Crippen LogP contribution in [0.4, 0.5) is 4.79 Å². The summed E-state index contributed by atoms with van der Waals surface area (Å²) in [7, 11) is -1.45. The number of rotatable bonds is 7. The van der Waals surface area contributed by atoms with Gasteiger partial charge in [0.1, 0.15) is 0 Å². The molecule has 0 heterocycles. The number of carbonyl (C=O) groups excluding carboxylic acids is 1. The molecule has 0 saturated heterocycles. The van der Waals surface area contributed by atoms with Gasteiger partial charge in [-0.3, -0.25) is 0 Å². The number of hydrogen-bond acceptors (Lipinski definition) is 3. The molecule has 0 aliphatic heterocycles. The Hall–Kier alpha value is -1.56. The maximum Gasteiger partial charge on any atom is 0.317 e. The summed E-state index contributed by atoms with van der Waals surface area (Å²) in [6, 6.07) is 6.42. The molecule has 0 saturated carbocycles. The van der Waals surface area contributed by atoms with E-state index in [0.717, 1.165) is 18.4 Å². The van der Waals surface area contributed by atoms with Crippen molar-refractivity contribution in [1.82, 2.24) is 10.2 Å². The van der Waals surface area contributed by atoms with E-state index in [9.17, 15) is 13.2 Å². The van der Waals surface area contributed by atoms with Crippen molar-refractivity contribution in [3.8, 4) is 0 Å². The first-order chi connectivity index (χ1) is 10.6. The summed E-state index contributed by atoms with van der Waals surface area (Å²) in [5, 5.41) is 2.92. The van der Waals surface area contributed by atoms with Crippen LogP contribution >= 0.6 is 0 Å². The zero-order valence-electron chi connectivity index (χ0n) is 14.7. The van der Waals surface area contributed by atoms with Gasteiger partial charge in [-0.15, -0.1) is 0 Å². The average molecular weight is 340 g/mol. The lowest BCUT2D eigenvalue weighted by Crippen LogP contribution is -2.39. The van der Waals surface area contributed by atoms with Crippen LogP contribution in [0.25, 0.3) is 0 Å². The Bertz CT molecular complexity index is 609. The standard InChI is InChI=1S/C17H28N2O3S/c1-13(2)7-6-12-18-17(20)19(4)14(3)15-8-10-16(11-9-15)23(5,21)22/h8-11,13-14H,6-7,12H2,1-5H3,(H,18,20). The molecule has 0 bridgehead atoms. The molecule has 5 nitrogen and oxygen atoms in total. The van der Waals surface area contributed by atoms with E-state index in [2.05, 4.69) is 19.2 Å². The fourth-order valence-corrected chi connectivity index (χ4v) is 2.85. The zero-order chi connectivity index (χ0) is 17.6. The molecule has 1 aromatic carbocycles. The van der Waals surface area contributed by atoms with Gasteiger partial charge in [-0.2, -0.15) is 0 Å². The van der Waals surface area contributed by atoms with E-state index in [1.165, 1.54) is 6.26 Å². The lowest BCUT2D eigenvalue weighted by atomic mass is 10.1.